The standard InChI is InChI=1S/C30H50N4O2S2.C3H6O.C2H6.CH4O/c1-24(18-30(2,3)4)34(23-37-5)20-28(35)33-27(22-38-21-26-14-10-7-11-15-26)29(36)32-17-16-31-19-25-12-8-6-9-13-25;1-3(2)4;2*1-2/h6,8-9,12-13,26-27,31H,1,7,10-11,14-23H2,2-5H3,(H,32,36)(H,33,35);1-2H3;1-2H3;2H,1H3. The topological polar surface area (TPSA) is 111 Å². The van der Waals surface area contributed by atoms with Crippen LogP contribution >= 0.6 is 23.5 Å². The van der Waals surface area contributed by atoms with Crippen LogP contribution in [0.3, 0.4) is 0 Å². The van der Waals surface area contributed by atoms with Crippen LogP contribution in [-0.4, -0.2) is 84.0 Å². The number of nitrogens with zero attached hydrogens (tertiary/aromatic N) is 1. The molecule has 1 saturated carbocycles. The molecule has 10 heteroatoms. The summed E-state index contributed by atoms with van der Waals surface area (Å²) in [6.07, 6.45) is 9.37. The summed E-state index contributed by atoms with van der Waals surface area (Å²) in [5, 5.41) is 16.4. The van der Waals surface area contributed by atoms with Gasteiger partial charge in [0.15, 0.2) is 0 Å². The zero-order valence-electron chi connectivity index (χ0n) is 30.4. The van der Waals surface area contributed by atoms with Gasteiger partial charge in [-0.2, -0.15) is 11.8 Å². The lowest BCUT2D eigenvalue weighted by Crippen LogP contribution is -2.51. The van der Waals surface area contributed by atoms with Gasteiger partial charge >= 0.3 is 0 Å². The Bertz CT molecular complexity index is 932. The maximum atomic E-state index is 13.1. The van der Waals surface area contributed by atoms with Crippen LogP contribution in [0, 0.1) is 11.3 Å². The lowest BCUT2D eigenvalue weighted by atomic mass is 9.90. The molecule has 0 spiro atoms. The van der Waals surface area contributed by atoms with E-state index in [4.69, 9.17) is 5.11 Å². The van der Waals surface area contributed by atoms with Crippen LogP contribution in [0.1, 0.15) is 92.6 Å². The fourth-order valence-electron chi connectivity index (χ4n) is 4.66. The molecule has 1 aliphatic rings. The van der Waals surface area contributed by atoms with Gasteiger partial charge < -0.3 is 30.8 Å². The quantitative estimate of drug-likeness (QED) is 0.109. The Morgan fingerprint density at radius 1 is 1.02 bits per heavy atom. The van der Waals surface area contributed by atoms with E-state index in [1.165, 1.54) is 51.5 Å². The van der Waals surface area contributed by atoms with E-state index in [-0.39, 0.29) is 29.6 Å². The summed E-state index contributed by atoms with van der Waals surface area (Å²) in [5.41, 5.74) is 2.27. The minimum atomic E-state index is -0.544. The first-order valence-corrected chi connectivity index (χ1v) is 19.2. The Balaban J connectivity index is 0. The predicted molar refractivity (Wildman–Crippen MR) is 201 cm³/mol. The van der Waals surface area contributed by atoms with Gasteiger partial charge in [-0.15, -0.1) is 11.8 Å². The van der Waals surface area contributed by atoms with Gasteiger partial charge in [0.1, 0.15) is 11.8 Å². The normalized spacial score (nSPS) is 13.3. The van der Waals surface area contributed by atoms with Gasteiger partial charge in [0.05, 0.1) is 12.4 Å². The molecule has 1 aliphatic carbocycles. The largest absolute Gasteiger partial charge is 0.400 e. The Morgan fingerprint density at radius 3 is 2.15 bits per heavy atom. The van der Waals surface area contributed by atoms with Gasteiger partial charge in [-0.1, -0.05) is 90.8 Å². The fourth-order valence-corrected chi connectivity index (χ4v) is 6.52. The van der Waals surface area contributed by atoms with Crippen molar-refractivity contribution in [2.75, 3.05) is 50.4 Å². The number of hydrogen-bond donors (Lipinski definition) is 4. The van der Waals surface area contributed by atoms with Crippen molar-refractivity contribution in [2.45, 2.75) is 99.6 Å². The Kier molecular flexibility index (Phi) is 29.2. The van der Waals surface area contributed by atoms with Gasteiger partial charge in [-0.3, -0.25) is 9.59 Å². The first-order valence-electron chi connectivity index (χ1n) is 16.6. The molecule has 1 fully saturated rings. The Hall–Kier alpha value is -2.01. The molecular weight excluding hydrogens is 617 g/mol. The van der Waals surface area contributed by atoms with E-state index in [9.17, 15) is 14.4 Å². The van der Waals surface area contributed by atoms with Gasteiger partial charge in [-0.05, 0) is 62.0 Å². The molecule has 1 aromatic rings. The molecular formula is C36H66N4O4S2. The molecule has 0 radical (unpaired) electrons. The third kappa shape index (κ3) is 26.1. The number of carbonyl (C=O) groups excluding carboxylic acids is 3. The molecule has 4 N–H and O–H groups in total. The molecule has 1 atom stereocenters. The molecule has 2 rings (SSSR count). The highest BCUT2D eigenvalue weighted by atomic mass is 32.2. The lowest BCUT2D eigenvalue weighted by Gasteiger charge is -2.30. The fraction of sp³-hybridized carbons (Fsp3) is 0.694. The molecule has 46 heavy (non-hydrogen) atoms. The second-order valence-electron chi connectivity index (χ2n) is 12.4. The summed E-state index contributed by atoms with van der Waals surface area (Å²) in [5.74, 6) is 3.00. The molecule has 0 heterocycles. The summed E-state index contributed by atoms with van der Waals surface area (Å²) in [4.78, 5) is 37.7. The smallest absolute Gasteiger partial charge is 0.243 e. The highest BCUT2D eigenvalue weighted by Gasteiger charge is 2.24. The molecule has 266 valence electrons. The minimum absolute atomic E-state index is 0.0942. The zero-order chi connectivity index (χ0) is 35.4. The first-order chi connectivity index (χ1) is 21.9. The van der Waals surface area contributed by atoms with Gasteiger partial charge in [-0.25, -0.2) is 0 Å². The predicted octanol–water partition coefficient (Wildman–Crippen LogP) is 6.49. The number of hydrogen-bond acceptors (Lipinski definition) is 8. The van der Waals surface area contributed by atoms with Crippen LogP contribution in [-0.2, 0) is 20.9 Å². The van der Waals surface area contributed by atoms with Crippen LogP contribution in [0.15, 0.2) is 42.6 Å². The number of benzene rings is 1. The number of Topliss-reactive ketones (excluding diaryl/α,β-unsaturated/α-hetero) is 1. The number of thioether (sulfide) groups is 2. The van der Waals surface area contributed by atoms with E-state index < -0.39 is 6.04 Å². The summed E-state index contributed by atoms with van der Waals surface area (Å²) in [7, 11) is 1.00. The van der Waals surface area contributed by atoms with E-state index in [1.54, 1.807) is 23.5 Å². The molecule has 0 saturated heterocycles. The molecule has 0 bridgehead atoms. The monoisotopic (exact) mass is 682 g/mol. The van der Waals surface area contributed by atoms with Crippen molar-refractivity contribution >= 4 is 41.1 Å². The van der Waals surface area contributed by atoms with Gasteiger partial charge in [0.2, 0.25) is 11.8 Å². The average Bonchev–Trinajstić information content (AvgIpc) is 3.02. The van der Waals surface area contributed by atoms with Crippen molar-refractivity contribution < 1.29 is 19.5 Å². The van der Waals surface area contributed by atoms with Crippen molar-refractivity contribution in [2.24, 2.45) is 11.3 Å². The van der Waals surface area contributed by atoms with Gasteiger partial charge in [0, 0.05) is 38.2 Å². The third-order valence-corrected chi connectivity index (χ3v) is 8.43. The second kappa shape index (κ2) is 29.2. The van der Waals surface area contributed by atoms with Crippen LogP contribution in [0.2, 0.25) is 0 Å². The van der Waals surface area contributed by atoms with E-state index in [0.717, 1.165) is 37.4 Å². The zero-order valence-corrected chi connectivity index (χ0v) is 32.0. The van der Waals surface area contributed by atoms with Crippen LogP contribution in [0.5, 0.6) is 0 Å². The number of rotatable bonds is 17. The summed E-state index contributed by atoms with van der Waals surface area (Å²) >= 11 is 3.47. The molecule has 0 aliphatic heterocycles. The Labute approximate surface area is 290 Å². The number of aliphatic hydroxyl groups excluding tert-OH is 1. The minimum Gasteiger partial charge on any atom is -0.400 e. The molecule has 0 aromatic heterocycles. The summed E-state index contributed by atoms with van der Waals surface area (Å²) in [6, 6.07) is 9.67. The van der Waals surface area contributed by atoms with Crippen LogP contribution in [0.25, 0.3) is 0 Å². The first kappa shape index (κ1) is 46.1. The van der Waals surface area contributed by atoms with Gasteiger partial charge in [0.25, 0.3) is 0 Å². The number of aliphatic hydroxyl groups is 1. The highest BCUT2D eigenvalue weighted by molar-refractivity contribution is 7.99. The van der Waals surface area contributed by atoms with Crippen molar-refractivity contribution in [3.05, 3.63) is 48.2 Å². The van der Waals surface area contributed by atoms with Crippen LogP contribution in [0.4, 0.5) is 0 Å². The number of ketones is 1. The molecule has 1 unspecified atom stereocenters. The lowest BCUT2D eigenvalue weighted by molar-refractivity contribution is -0.128. The highest BCUT2D eigenvalue weighted by Crippen LogP contribution is 2.27. The van der Waals surface area contributed by atoms with E-state index in [0.29, 0.717) is 24.7 Å². The average molecular weight is 683 g/mol. The van der Waals surface area contributed by atoms with E-state index in [2.05, 4.69) is 55.4 Å². The van der Waals surface area contributed by atoms with Crippen molar-refractivity contribution in [1.29, 1.82) is 0 Å². The summed E-state index contributed by atoms with van der Waals surface area (Å²) in [6.45, 7) is 20.0. The Morgan fingerprint density at radius 2 is 1.61 bits per heavy atom. The number of amides is 2. The maximum Gasteiger partial charge on any atom is 0.243 e. The number of allylic oxidation sites excluding steroid dienone is 1. The van der Waals surface area contributed by atoms with Crippen molar-refractivity contribution in [3.63, 3.8) is 0 Å². The maximum absolute atomic E-state index is 13.1. The van der Waals surface area contributed by atoms with E-state index in [1.807, 2.05) is 43.2 Å². The molecule has 2 amide bonds. The SMILES string of the molecule is C=C(CC(C)(C)C)N(CSC)CC(=O)NC(CSCC1CCCCC1)C(=O)NCCNCc1ccccc1.CC.CC(C)=O.CO. The third-order valence-electron chi connectivity index (χ3n) is 6.59. The number of carbonyl (C=O) groups is 3. The number of nitrogens with one attached hydrogen (secondary N) is 3. The summed E-state index contributed by atoms with van der Waals surface area (Å²) < 4.78 is 0. The van der Waals surface area contributed by atoms with E-state index >= 15 is 0 Å². The van der Waals surface area contributed by atoms with Crippen molar-refractivity contribution in [3.8, 4) is 0 Å². The molecule has 8 nitrogen and oxygen atoms in total. The second-order valence-corrected chi connectivity index (χ2v) is 14.4. The van der Waals surface area contributed by atoms with Crippen molar-refractivity contribution in [1.82, 2.24) is 20.9 Å². The van der Waals surface area contributed by atoms with Crippen LogP contribution < -0.4 is 16.0 Å². The molecule has 1 aromatic carbocycles.